The van der Waals surface area contributed by atoms with Gasteiger partial charge >= 0.3 is 11.9 Å². The number of azo groups is 1. The largest absolute Gasteiger partial charge is 0.494 e. The van der Waals surface area contributed by atoms with Crippen molar-refractivity contribution in [3.63, 3.8) is 0 Å². The number of rotatable bonds is 26. The summed E-state index contributed by atoms with van der Waals surface area (Å²) in [7, 11) is 0. The summed E-state index contributed by atoms with van der Waals surface area (Å²) in [6, 6.07) is 34.3. The smallest absolute Gasteiger partial charge is 0.347 e. The standard InChI is InChI=1S/C50H58N2O8/c1-4-7-16-38-17-20-40(21-18-38)51-52-41-22-24-44(25-23-41)57-35-14-12-10-8-9-11-13-15-36-58-48-37-39(49(53)59-45-30-26-42(27-31-45)55-5-2)19-34-47(48)50(54)60-46-32-28-43(29-33-46)56-6-3/h17-34,37H,4-16,35-36H2,1-3H3. The molecule has 5 aromatic rings. The van der Waals surface area contributed by atoms with Gasteiger partial charge in [0.15, 0.2) is 0 Å². The van der Waals surface area contributed by atoms with E-state index in [9.17, 15) is 9.59 Å². The lowest BCUT2D eigenvalue weighted by Crippen LogP contribution is -2.14. The van der Waals surface area contributed by atoms with Crippen LogP contribution in [0.2, 0.25) is 0 Å². The molecule has 0 N–H and O–H groups in total. The van der Waals surface area contributed by atoms with E-state index in [2.05, 4.69) is 29.3 Å². The zero-order chi connectivity index (χ0) is 42.2. The average molecular weight is 815 g/mol. The van der Waals surface area contributed by atoms with E-state index in [0.717, 1.165) is 74.9 Å². The maximum Gasteiger partial charge on any atom is 0.347 e. The summed E-state index contributed by atoms with van der Waals surface area (Å²) in [4.78, 5) is 26.4. The first-order valence-corrected chi connectivity index (χ1v) is 21.3. The number of carbonyl (C=O) groups excluding carboxylic acids is 2. The Bertz CT molecular complexity index is 2050. The van der Waals surface area contributed by atoms with E-state index in [-0.39, 0.29) is 16.9 Å². The maximum atomic E-state index is 13.3. The monoisotopic (exact) mass is 814 g/mol. The number of nitrogens with zero attached hydrogens (tertiary/aromatic N) is 2. The van der Waals surface area contributed by atoms with Crippen molar-refractivity contribution in [2.45, 2.75) is 91.4 Å². The second-order valence-electron chi connectivity index (χ2n) is 14.3. The molecule has 0 aromatic heterocycles. The molecule has 316 valence electrons. The van der Waals surface area contributed by atoms with Gasteiger partial charge in [0.25, 0.3) is 0 Å². The Balaban J connectivity index is 1.00. The number of hydrogen-bond donors (Lipinski definition) is 0. The molecule has 0 radical (unpaired) electrons. The maximum absolute atomic E-state index is 13.3. The van der Waals surface area contributed by atoms with Gasteiger partial charge in [0.2, 0.25) is 0 Å². The van der Waals surface area contributed by atoms with Crippen LogP contribution in [-0.4, -0.2) is 38.4 Å². The number of ether oxygens (including phenoxy) is 6. The minimum Gasteiger partial charge on any atom is -0.494 e. The Morgan fingerprint density at radius 1 is 0.450 bits per heavy atom. The summed E-state index contributed by atoms with van der Waals surface area (Å²) in [6.07, 6.45) is 11.9. The van der Waals surface area contributed by atoms with Crippen molar-refractivity contribution in [2.24, 2.45) is 10.2 Å². The highest BCUT2D eigenvalue weighted by Crippen LogP contribution is 2.27. The van der Waals surface area contributed by atoms with Crippen LogP contribution in [0.25, 0.3) is 0 Å². The Labute approximate surface area is 354 Å². The van der Waals surface area contributed by atoms with Crippen LogP contribution in [0.1, 0.15) is 111 Å². The molecule has 0 aliphatic carbocycles. The molecule has 0 fully saturated rings. The van der Waals surface area contributed by atoms with Gasteiger partial charge in [-0.2, -0.15) is 10.2 Å². The number of carbonyl (C=O) groups is 2. The predicted molar refractivity (Wildman–Crippen MR) is 235 cm³/mol. The molecular weight excluding hydrogens is 757 g/mol. The van der Waals surface area contributed by atoms with E-state index in [4.69, 9.17) is 28.4 Å². The number of unbranched alkanes of at least 4 members (excludes halogenated alkanes) is 8. The summed E-state index contributed by atoms with van der Waals surface area (Å²) in [5, 5.41) is 8.73. The highest BCUT2D eigenvalue weighted by Gasteiger charge is 2.19. The Kier molecular flexibility index (Phi) is 19.0. The van der Waals surface area contributed by atoms with Crippen LogP contribution >= 0.6 is 0 Å². The topological polar surface area (TPSA) is 114 Å². The van der Waals surface area contributed by atoms with Crippen molar-refractivity contribution in [2.75, 3.05) is 26.4 Å². The summed E-state index contributed by atoms with van der Waals surface area (Å²) >= 11 is 0. The van der Waals surface area contributed by atoms with Gasteiger partial charge in [-0.1, -0.05) is 64.0 Å². The van der Waals surface area contributed by atoms with Gasteiger partial charge in [-0.05, 0) is 148 Å². The third kappa shape index (κ3) is 15.5. The molecule has 0 aliphatic rings. The minimum absolute atomic E-state index is 0.212. The molecule has 10 nitrogen and oxygen atoms in total. The van der Waals surface area contributed by atoms with E-state index in [0.29, 0.717) is 49.4 Å². The molecule has 5 aromatic carbocycles. The van der Waals surface area contributed by atoms with Crippen molar-refractivity contribution in [1.82, 2.24) is 0 Å². The Morgan fingerprint density at radius 2 is 0.900 bits per heavy atom. The van der Waals surface area contributed by atoms with Gasteiger partial charge in [0, 0.05) is 0 Å². The lowest BCUT2D eigenvalue weighted by Gasteiger charge is -2.13. The van der Waals surface area contributed by atoms with Crippen LogP contribution in [0.15, 0.2) is 125 Å². The van der Waals surface area contributed by atoms with Crippen LogP contribution < -0.4 is 28.4 Å². The number of hydrogen-bond acceptors (Lipinski definition) is 10. The summed E-state index contributed by atoms with van der Waals surface area (Å²) in [6.45, 7) is 8.14. The van der Waals surface area contributed by atoms with Crippen LogP contribution in [-0.2, 0) is 6.42 Å². The lowest BCUT2D eigenvalue weighted by atomic mass is 10.1. The second kappa shape index (κ2) is 25.4. The van der Waals surface area contributed by atoms with E-state index in [1.807, 2.05) is 50.2 Å². The predicted octanol–water partition coefficient (Wildman–Crippen LogP) is 13.3. The highest BCUT2D eigenvalue weighted by molar-refractivity contribution is 5.97. The summed E-state index contributed by atoms with van der Waals surface area (Å²) in [5.74, 6) is 2.03. The van der Waals surface area contributed by atoms with Crippen molar-refractivity contribution in [1.29, 1.82) is 0 Å². The zero-order valence-electron chi connectivity index (χ0n) is 35.2. The average Bonchev–Trinajstić information content (AvgIpc) is 3.27. The molecule has 10 heteroatoms. The van der Waals surface area contributed by atoms with E-state index in [1.165, 1.54) is 36.6 Å². The Hall–Kier alpha value is -6.16. The molecule has 0 aliphatic heterocycles. The van der Waals surface area contributed by atoms with Gasteiger partial charge in [0.05, 0.1) is 43.4 Å². The molecule has 0 heterocycles. The molecule has 0 spiro atoms. The van der Waals surface area contributed by atoms with Crippen molar-refractivity contribution in [3.05, 3.63) is 132 Å². The van der Waals surface area contributed by atoms with Crippen LogP contribution in [0.5, 0.6) is 34.5 Å². The Morgan fingerprint density at radius 3 is 1.43 bits per heavy atom. The minimum atomic E-state index is -0.596. The molecular formula is C50H58N2O8. The third-order valence-corrected chi connectivity index (χ3v) is 9.57. The van der Waals surface area contributed by atoms with Gasteiger partial charge in [-0.15, -0.1) is 0 Å². The van der Waals surface area contributed by atoms with Gasteiger partial charge in [-0.3, -0.25) is 0 Å². The van der Waals surface area contributed by atoms with E-state index >= 15 is 0 Å². The molecule has 0 amide bonds. The molecule has 0 saturated heterocycles. The molecule has 0 bridgehead atoms. The van der Waals surface area contributed by atoms with Crippen LogP contribution in [0.4, 0.5) is 11.4 Å². The van der Waals surface area contributed by atoms with Crippen LogP contribution in [0, 0.1) is 0 Å². The molecule has 0 saturated carbocycles. The fourth-order valence-corrected chi connectivity index (χ4v) is 6.28. The molecule has 5 rings (SSSR count). The normalized spacial score (nSPS) is 11.0. The highest BCUT2D eigenvalue weighted by atomic mass is 16.5. The molecule has 0 unspecified atom stereocenters. The lowest BCUT2D eigenvalue weighted by molar-refractivity contribution is 0.0716. The van der Waals surface area contributed by atoms with Crippen LogP contribution in [0.3, 0.4) is 0 Å². The second-order valence-corrected chi connectivity index (χ2v) is 14.3. The first-order valence-electron chi connectivity index (χ1n) is 21.3. The fourth-order valence-electron chi connectivity index (χ4n) is 6.28. The van der Waals surface area contributed by atoms with Gasteiger partial charge < -0.3 is 28.4 Å². The quantitative estimate of drug-likeness (QED) is 0.0235. The van der Waals surface area contributed by atoms with Gasteiger partial charge in [0.1, 0.15) is 40.1 Å². The SMILES string of the molecule is CCCCc1ccc(N=Nc2ccc(OCCCCCCCCCCOc3cc(C(=O)Oc4ccc(OCC)cc4)ccc3C(=O)Oc3ccc(OCC)cc3)cc2)cc1. The van der Waals surface area contributed by atoms with Crippen molar-refractivity contribution < 1.29 is 38.0 Å². The van der Waals surface area contributed by atoms with Crippen molar-refractivity contribution in [3.8, 4) is 34.5 Å². The van der Waals surface area contributed by atoms with Crippen molar-refractivity contribution >= 4 is 23.3 Å². The number of aryl methyl sites for hydroxylation is 1. The fraction of sp³-hybridized carbons (Fsp3) is 0.360. The molecule has 0 atom stereocenters. The first-order chi connectivity index (χ1) is 29.4. The van der Waals surface area contributed by atoms with E-state index in [1.54, 1.807) is 48.5 Å². The third-order valence-electron chi connectivity index (χ3n) is 9.57. The first kappa shape index (κ1) is 44.9. The van der Waals surface area contributed by atoms with E-state index < -0.39 is 11.9 Å². The molecule has 60 heavy (non-hydrogen) atoms. The zero-order valence-corrected chi connectivity index (χ0v) is 35.2. The van der Waals surface area contributed by atoms with Gasteiger partial charge in [-0.25, -0.2) is 9.59 Å². The number of esters is 2. The number of benzene rings is 5. The summed E-state index contributed by atoms with van der Waals surface area (Å²) < 4.78 is 34.3. The summed E-state index contributed by atoms with van der Waals surface area (Å²) in [5.41, 5.74) is 3.43.